The molecule has 0 N–H and O–H groups in total. The molecule has 0 aliphatic carbocycles. The lowest BCUT2D eigenvalue weighted by molar-refractivity contribution is -0.385. The molecule has 2 aromatic carbocycles. The van der Waals surface area contributed by atoms with E-state index in [9.17, 15) is 14.5 Å². The third-order valence-electron chi connectivity index (χ3n) is 4.09. The number of nitrogens with zero attached hydrogens (tertiary/aromatic N) is 2. The highest BCUT2D eigenvalue weighted by atomic mass is 35.5. The molecule has 0 atom stereocenters. The van der Waals surface area contributed by atoms with Crippen molar-refractivity contribution in [2.24, 2.45) is 0 Å². The summed E-state index contributed by atoms with van der Waals surface area (Å²) >= 11 is 0. The fraction of sp³-hybridized carbons (Fsp3) is 0.368. The average molecular weight is 415 g/mol. The summed E-state index contributed by atoms with van der Waals surface area (Å²) in [4.78, 5) is 12.0. The Morgan fingerprint density at radius 3 is 2.32 bits per heavy atom. The van der Waals surface area contributed by atoms with Crippen molar-refractivity contribution in [3.05, 3.63) is 57.9 Å². The normalized spacial score (nSPS) is 10.3. The molecule has 0 radical (unpaired) electrons. The molecule has 0 saturated heterocycles. The molecule has 0 aliphatic rings. The van der Waals surface area contributed by atoms with Crippen molar-refractivity contribution in [2.75, 3.05) is 41.0 Å². The first kappa shape index (κ1) is 23.5. The Morgan fingerprint density at radius 2 is 1.71 bits per heavy atom. The molecule has 2 aromatic rings. The smallest absolute Gasteiger partial charge is 0.272 e. The minimum absolute atomic E-state index is 0. The molecule has 28 heavy (non-hydrogen) atoms. The maximum absolute atomic E-state index is 13.8. The standard InChI is InChI=1S/C19H23FN2O5.ClH/c1-21(9-8-14-4-6-18(25-2)19(12-14)26-3)10-11-27-17-7-5-15(22(23)24)13-16(17)20;/h4-7,12-13H,8-11H2,1-3H3;1H. The lowest BCUT2D eigenvalue weighted by Crippen LogP contribution is -2.26. The molecule has 0 aliphatic heterocycles. The Kier molecular flexibility index (Phi) is 9.47. The Morgan fingerprint density at radius 1 is 1.04 bits per heavy atom. The fourth-order valence-corrected chi connectivity index (χ4v) is 2.50. The molecule has 0 fully saturated rings. The summed E-state index contributed by atoms with van der Waals surface area (Å²) in [6.45, 7) is 1.64. The van der Waals surface area contributed by atoms with E-state index >= 15 is 0 Å². The number of methoxy groups -OCH3 is 2. The van der Waals surface area contributed by atoms with Gasteiger partial charge in [0.15, 0.2) is 23.1 Å². The lowest BCUT2D eigenvalue weighted by Gasteiger charge is -2.17. The number of rotatable bonds is 10. The number of nitro groups is 1. The number of benzene rings is 2. The van der Waals surface area contributed by atoms with Crippen molar-refractivity contribution in [2.45, 2.75) is 6.42 Å². The van der Waals surface area contributed by atoms with E-state index in [1.54, 1.807) is 14.2 Å². The predicted octanol–water partition coefficient (Wildman–Crippen LogP) is 3.73. The van der Waals surface area contributed by atoms with E-state index in [0.717, 1.165) is 24.6 Å². The van der Waals surface area contributed by atoms with Gasteiger partial charge in [-0.15, -0.1) is 12.4 Å². The van der Waals surface area contributed by atoms with Crippen LogP contribution in [0.25, 0.3) is 0 Å². The second-order valence-electron chi connectivity index (χ2n) is 5.96. The van der Waals surface area contributed by atoms with Crippen molar-refractivity contribution in [1.29, 1.82) is 0 Å². The summed E-state index contributed by atoms with van der Waals surface area (Å²) in [7, 11) is 5.14. The molecular formula is C19H24ClFN2O5. The summed E-state index contributed by atoms with van der Waals surface area (Å²) in [5.74, 6) is 0.647. The topological polar surface area (TPSA) is 74.1 Å². The molecule has 2 rings (SSSR count). The monoisotopic (exact) mass is 414 g/mol. The second kappa shape index (κ2) is 11.3. The number of halogens is 2. The first-order valence-electron chi connectivity index (χ1n) is 8.40. The van der Waals surface area contributed by atoms with Crippen LogP contribution >= 0.6 is 12.4 Å². The Bertz CT molecular complexity index is 791. The van der Waals surface area contributed by atoms with Crippen LogP contribution in [0.5, 0.6) is 17.2 Å². The quantitative estimate of drug-likeness (QED) is 0.435. The highest BCUT2D eigenvalue weighted by Gasteiger charge is 2.12. The van der Waals surface area contributed by atoms with Crippen molar-refractivity contribution in [3.63, 3.8) is 0 Å². The van der Waals surface area contributed by atoms with Crippen LogP contribution in [-0.2, 0) is 6.42 Å². The van der Waals surface area contributed by atoms with Crippen LogP contribution in [0.2, 0.25) is 0 Å². The van der Waals surface area contributed by atoms with E-state index in [4.69, 9.17) is 14.2 Å². The molecule has 9 heteroatoms. The van der Waals surface area contributed by atoms with Gasteiger partial charge in [-0.05, 0) is 37.2 Å². The van der Waals surface area contributed by atoms with Crippen LogP contribution in [0, 0.1) is 15.9 Å². The average Bonchev–Trinajstić information content (AvgIpc) is 2.67. The van der Waals surface area contributed by atoms with Crippen LogP contribution in [0.1, 0.15) is 5.56 Å². The van der Waals surface area contributed by atoms with Crippen molar-refractivity contribution < 1.29 is 23.5 Å². The lowest BCUT2D eigenvalue weighted by atomic mass is 10.1. The summed E-state index contributed by atoms with van der Waals surface area (Å²) in [6, 6.07) is 9.15. The molecule has 0 saturated carbocycles. The van der Waals surface area contributed by atoms with Crippen molar-refractivity contribution >= 4 is 18.1 Å². The third-order valence-corrected chi connectivity index (χ3v) is 4.09. The Hall–Kier alpha value is -2.58. The molecular weight excluding hydrogens is 391 g/mol. The van der Waals surface area contributed by atoms with Crippen LogP contribution in [-0.4, -0.2) is 50.8 Å². The molecule has 154 valence electrons. The number of hydrogen-bond acceptors (Lipinski definition) is 6. The number of hydrogen-bond donors (Lipinski definition) is 0. The predicted molar refractivity (Wildman–Crippen MR) is 107 cm³/mol. The highest BCUT2D eigenvalue weighted by Crippen LogP contribution is 2.27. The summed E-state index contributed by atoms with van der Waals surface area (Å²) in [6.07, 6.45) is 0.808. The first-order chi connectivity index (χ1) is 12.9. The number of ether oxygens (including phenoxy) is 3. The fourth-order valence-electron chi connectivity index (χ4n) is 2.50. The number of nitro benzene ring substituents is 1. The van der Waals surface area contributed by atoms with Gasteiger partial charge in [0.1, 0.15) is 6.61 Å². The van der Waals surface area contributed by atoms with Gasteiger partial charge in [-0.3, -0.25) is 10.1 Å². The van der Waals surface area contributed by atoms with E-state index in [1.165, 1.54) is 12.1 Å². The van der Waals surface area contributed by atoms with Gasteiger partial charge in [-0.1, -0.05) is 6.07 Å². The van der Waals surface area contributed by atoms with Crippen LogP contribution in [0.15, 0.2) is 36.4 Å². The van der Waals surface area contributed by atoms with Crippen LogP contribution in [0.3, 0.4) is 0 Å². The zero-order chi connectivity index (χ0) is 19.8. The highest BCUT2D eigenvalue weighted by molar-refractivity contribution is 5.85. The van der Waals surface area contributed by atoms with Crippen molar-refractivity contribution in [3.8, 4) is 17.2 Å². The maximum Gasteiger partial charge on any atom is 0.272 e. The zero-order valence-electron chi connectivity index (χ0n) is 16.0. The summed E-state index contributed by atoms with van der Waals surface area (Å²) < 4.78 is 29.7. The SMILES string of the molecule is COc1ccc(CCN(C)CCOc2ccc([N+](=O)[O-])cc2F)cc1OC.Cl. The van der Waals surface area contributed by atoms with Gasteiger partial charge in [-0.25, -0.2) is 4.39 Å². The number of likely N-dealkylation sites (N-methyl/N-ethyl adjacent to an activating group) is 1. The van der Waals surface area contributed by atoms with Gasteiger partial charge < -0.3 is 19.1 Å². The molecule has 0 spiro atoms. The third kappa shape index (κ3) is 6.54. The minimum Gasteiger partial charge on any atom is -0.493 e. The summed E-state index contributed by atoms with van der Waals surface area (Å²) in [5.41, 5.74) is 0.814. The molecule has 0 amide bonds. The minimum atomic E-state index is -0.739. The second-order valence-corrected chi connectivity index (χ2v) is 5.96. The number of non-ortho nitro benzene ring substituents is 1. The van der Waals surface area contributed by atoms with E-state index in [1.807, 2.05) is 25.2 Å². The van der Waals surface area contributed by atoms with Crippen molar-refractivity contribution in [1.82, 2.24) is 4.90 Å². The molecule has 7 nitrogen and oxygen atoms in total. The van der Waals surface area contributed by atoms with E-state index in [0.29, 0.717) is 18.0 Å². The Labute approximate surface area is 169 Å². The van der Waals surface area contributed by atoms with Gasteiger partial charge in [0.05, 0.1) is 25.2 Å². The molecule has 0 bridgehead atoms. The van der Waals surface area contributed by atoms with Gasteiger partial charge in [0.2, 0.25) is 0 Å². The molecule has 0 aromatic heterocycles. The molecule has 0 heterocycles. The Balaban J connectivity index is 0.00000392. The van der Waals surface area contributed by atoms with Gasteiger partial charge in [0.25, 0.3) is 5.69 Å². The van der Waals surface area contributed by atoms with Gasteiger partial charge in [-0.2, -0.15) is 0 Å². The molecule has 0 unspecified atom stereocenters. The van der Waals surface area contributed by atoms with E-state index < -0.39 is 10.7 Å². The summed E-state index contributed by atoms with van der Waals surface area (Å²) in [5, 5.41) is 10.6. The van der Waals surface area contributed by atoms with Gasteiger partial charge in [0, 0.05) is 19.2 Å². The zero-order valence-corrected chi connectivity index (χ0v) is 16.8. The van der Waals surface area contributed by atoms with Crippen LogP contribution < -0.4 is 14.2 Å². The van der Waals surface area contributed by atoms with E-state index in [2.05, 4.69) is 4.90 Å². The van der Waals surface area contributed by atoms with Crippen LogP contribution in [0.4, 0.5) is 10.1 Å². The van der Waals surface area contributed by atoms with Gasteiger partial charge >= 0.3 is 0 Å². The van der Waals surface area contributed by atoms with E-state index in [-0.39, 0.29) is 30.5 Å². The first-order valence-corrected chi connectivity index (χ1v) is 8.40. The largest absolute Gasteiger partial charge is 0.493 e. The maximum atomic E-state index is 13.8.